The maximum atomic E-state index is 4.80. The number of nitrogens with one attached hydrogen (secondary N) is 1. The lowest BCUT2D eigenvalue weighted by Gasteiger charge is -2.17. The van der Waals surface area contributed by atoms with Gasteiger partial charge in [-0.2, -0.15) is 0 Å². The van der Waals surface area contributed by atoms with E-state index in [-0.39, 0.29) is 0 Å². The SMILES string of the molecule is CCNCc1c(N(C)Cc2cccs2)nc2ccccn12. The lowest BCUT2D eigenvalue weighted by molar-refractivity contribution is 0.702. The molecule has 3 aromatic rings. The Morgan fingerprint density at radius 1 is 1.29 bits per heavy atom. The molecule has 3 heterocycles. The molecule has 0 spiro atoms. The number of nitrogens with zero attached hydrogens (tertiary/aromatic N) is 3. The van der Waals surface area contributed by atoms with Crippen LogP contribution in [0.4, 0.5) is 5.82 Å². The molecule has 0 fully saturated rings. The Hall–Kier alpha value is -1.85. The Morgan fingerprint density at radius 2 is 2.19 bits per heavy atom. The van der Waals surface area contributed by atoms with Crippen molar-refractivity contribution in [3.05, 3.63) is 52.5 Å². The van der Waals surface area contributed by atoms with Gasteiger partial charge in [-0.15, -0.1) is 11.3 Å². The maximum Gasteiger partial charge on any atom is 0.152 e. The Kier molecular flexibility index (Phi) is 4.22. The van der Waals surface area contributed by atoms with E-state index < -0.39 is 0 Å². The lowest BCUT2D eigenvalue weighted by Crippen LogP contribution is -2.21. The van der Waals surface area contributed by atoms with Crippen LogP contribution in [0.2, 0.25) is 0 Å². The van der Waals surface area contributed by atoms with Crippen LogP contribution in [0.5, 0.6) is 0 Å². The summed E-state index contributed by atoms with van der Waals surface area (Å²) in [6, 6.07) is 10.4. The molecule has 0 saturated heterocycles. The van der Waals surface area contributed by atoms with E-state index in [1.165, 1.54) is 10.6 Å². The zero-order valence-electron chi connectivity index (χ0n) is 12.4. The predicted octanol–water partition coefficient (Wildman–Crippen LogP) is 3.14. The number of hydrogen-bond acceptors (Lipinski definition) is 4. The summed E-state index contributed by atoms with van der Waals surface area (Å²) >= 11 is 1.78. The van der Waals surface area contributed by atoms with E-state index >= 15 is 0 Å². The van der Waals surface area contributed by atoms with Crippen LogP contribution in [-0.2, 0) is 13.1 Å². The first-order valence-electron chi connectivity index (χ1n) is 7.19. The second-order valence-electron chi connectivity index (χ2n) is 5.03. The number of thiophene rings is 1. The molecule has 110 valence electrons. The van der Waals surface area contributed by atoms with Gasteiger partial charge in [-0.05, 0) is 30.1 Å². The fourth-order valence-corrected chi connectivity index (χ4v) is 3.22. The highest BCUT2D eigenvalue weighted by atomic mass is 32.1. The summed E-state index contributed by atoms with van der Waals surface area (Å²) in [6.45, 7) is 4.79. The van der Waals surface area contributed by atoms with Gasteiger partial charge in [-0.25, -0.2) is 4.98 Å². The van der Waals surface area contributed by atoms with E-state index in [0.29, 0.717) is 0 Å². The molecule has 0 amide bonds. The molecule has 4 nitrogen and oxygen atoms in total. The molecule has 21 heavy (non-hydrogen) atoms. The number of anilines is 1. The van der Waals surface area contributed by atoms with Crippen molar-refractivity contribution in [2.24, 2.45) is 0 Å². The van der Waals surface area contributed by atoms with Crippen LogP contribution in [0, 0.1) is 0 Å². The van der Waals surface area contributed by atoms with Gasteiger partial charge in [-0.1, -0.05) is 19.1 Å². The van der Waals surface area contributed by atoms with E-state index in [9.17, 15) is 0 Å². The highest BCUT2D eigenvalue weighted by molar-refractivity contribution is 7.09. The minimum atomic E-state index is 0.825. The van der Waals surface area contributed by atoms with E-state index in [1.54, 1.807) is 11.3 Å². The molecular formula is C16H20N4S. The Bertz CT molecular complexity index is 702. The first-order chi connectivity index (χ1) is 10.3. The van der Waals surface area contributed by atoms with Gasteiger partial charge in [0.1, 0.15) is 5.65 Å². The minimum Gasteiger partial charge on any atom is -0.353 e. The Labute approximate surface area is 129 Å². The van der Waals surface area contributed by atoms with Crippen molar-refractivity contribution in [2.45, 2.75) is 20.0 Å². The average Bonchev–Trinajstić information content (AvgIpc) is 3.12. The standard InChI is InChI=1S/C16H20N4S/c1-3-17-11-14-16(18-15-8-4-5-9-20(14)15)19(2)12-13-7-6-10-21-13/h4-10,17H,3,11-12H2,1-2H3. The summed E-state index contributed by atoms with van der Waals surface area (Å²) < 4.78 is 2.17. The minimum absolute atomic E-state index is 0.825. The summed E-state index contributed by atoms with van der Waals surface area (Å²) in [7, 11) is 2.11. The molecule has 0 aliphatic heterocycles. The molecule has 1 N–H and O–H groups in total. The van der Waals surface area contributed by atoms with Gasteiger partial charge in [0.15, 0.2) is 5.82 Å². The average molecular weight is 300 g/mol. The van der Waals surface area contributed by atoms with Crippen molar-refractivity contribution < 1.29 is 0 Å². The topological polar surface area (TPSA) is 32.6 Å². The van der Waals surface area contributed by atoms with Gasteiger partial charge in [0.2, 0.25) is 0 Å². The van der Waals surface area contributed by atoms with Crippen molar-refractivity contribution in [3.8, 4) is 0 Å². The summed E-state index contributed by atoms with van der Waals surface area (Å²) in [5.74, 6) is 1.05. The lowest BCUT2D eigenvalue weighted by atomic mass is 10.3. The quantitative estimate of drug-likeness (QED) is 0.759. The van der Waals surface area contributed by atoms with Crippen molar-refractivity contribution in [3.63, 3.8) is 0 Å². The van der Waals surface area contributed by atoms with Crippen LogP contribution in [0.1, 0.15) is 17.5 Å². The molecule has 0 aliphatic rings. The molecule has 3 aromatic heterocycles. The van der Waals surface area contributed by atoms with E-state index in [2.05, 4.69) is 58.4 Å². The highest BCUT2D eigenvalue weighted by Gasteiger charge is 2.15. The van der Waals surface area contributed by atoms with Crippen molar-refractivity contribution in [2.75, 3.05) is 18.5 Å². The molecule has 0 saturated carbocycles. The maximum absolute atomic E-state index is 4.80. The largest absolute Gasteiger partial charge is 0.353 e. The Morgan fingerprint density at radius 3 is 2.95 bits per heavy atom. The van der Waals surface area contributed by atoms with Crippen molar-refractivity contribution in [1.29, 1.82) is 0 Å². The summed E-state index contributed by atoms with van der Waals surface area (Å²) in [6.07, 6.45) is 2.08. The number of aromatic nitrogens is 2. The third-order valence-electron chi connectivity index (χ3n) is 3.48. The smallest absolute Gasteiger partial charge is 0.152 e. The fraction of sp³-hybridized carbons (Fsp3) is 0.312. The molecule has 0 bridgehead atoms. The third kappa shape index (κ3) is 2.94. The van der Waals surface area contributed by atoms with Gasteiger partial charge >= 0.3 is 0 Å². The molecule has 0 atom stereocenters. The zero-order valence-corrected chi connectivity index (χ0v) is 13.2. The van der Waals surface area contributed by atoms with Gasteiger partial charge in [0.25, 0.3) is 0 Å². The summed E-state index contributed by atoms with van der Waals surface area (Å²) in [5.41, 5.74) is 2.21. The van der Waals surface area contributed by atoms with Crippen LogP contribution in [0.15, 0.2) is 41.9 Å². The molecular weight excluding hydrogens is 280 g/mol. The first-order valence-corrected chi connectivity index (χ1v) is 8.07. The van der Waals surface area contributed by atoms with Gasteiger partial charge in [0.05, 0.1) is 12.2 Å². The first kappa shape index (κ1) is 14.1. The number of imidazole rings is 1. The van der Waals surface area contributed by atoms with E-state index in [4.69, 9.17) is 4.98 Å². The van der Waals surface area contributed by atoms with Crippen LogP contribution in [0.25, 0.3) is 5.65 Å². The Balaban J connectivity index is 1.95. The summed E-state index contributed by atoms with van der Waals surface area (Å²) in [4.78, 5) is 8.38. The van der Waals surface area contributed by atoms with Crippen LogP contribution in [-0.4, -0.2) is 23.0 Å². The predicted molar refractivity (Wildman–Crippen MR) is 89.0 cm³/mol. The molecule has 0 radical (unpaired) electrons. The van der Waals surface area contributed by atoms with Crippen LogP contribution >= 0.6 is 11.3 Å². The second-order valence-corrected chi connectivity index (χ2v) is 6.06. The van der Waals surface area contributed by atoms with Crippen LogP contribution < -0.4 is 10.2 Å². The summed E-state index contributed by atoms with van der Waals surface area (Å²) in [5, 5.41) is 5.53. The zero-order chi connectivity index (χ0) is 14.7. The number of hydrogen-bond donors (Lipinski definition) is 1. The molecule has 0 aliphatic carbocycles. The number of rotatable bonds is 6. The molecule has 3 rings (SSSR count). The molecule has 0 aromatic carbocycles. The van der Waals surface area contributed by atoms with Gasteiger partial charge < -0.3 is 14.6 Å². The second kappa shape index (κ2) is 6.28. The van der Waals surface area contributed by atoms with E-state index in [1.807, 2.05) is 12.1 Å². The normalized spacial score (nSPS) is 11.1. The molecule has 5 heteroatoms. The third-order valence-corrected chi connectivity index (χ3v) is 4.35. The number of pyridine rings is 1. The monoisotopic (exact) mass is 300 g/mol. The van der Waals surface area contributed by atoms with Gasteiger partial charge in [-0.3, -0.25) is 0 Å². The fourth-order valence-electron chi connectivity index (χ4n) is 2.46. The van der Waals surface area contributed by atoms with Gasteiger partial charge in [0, 0.05) is 24.7 Å². The highest BCUT2D eigenvalue weighted by Crippen LogP contribution is 2.23. The van der Waals surface area contributed by atoms with Crippen LogP contribution in [0.3, 0.4) is 0 Å². The van der Waals surface area contributed by atoms with Crippen molar-refractivity contribution >= 4 is 22.8 Å². The molecule has 0 unspecified atom stereocenters. The van der Waals surface area contributed by atoms with E-state index in [0.717, 1.165) is 31.1 Å². The van der Waals surface area contributed by atoms with Crippen molar-refractivity contribution in [1.82, 2.24) is 14.7 Å². The number of fused-ring (bicyclic) bond motifs is 1.